The molecule has 0 spiro atoms. The van der Waals surface area contributed by atoms with Crippen LogP contribution in [0.15, 0.2) is 0 Å². The van der Waals surface area contributed by atoms with Crippen LogP contribution in [0.2, 0.25) is 0 Å². The fourth-order valence-corrected chi connectivity index (χ4v) is 2.83. The number of hydrogen-bond donors (Lipinski definition) is 0. The predicted molar refractivity (Wildman–Crippen MR) is 58.1 cm³/mol. The topological polar surface area (TPSA) is 17.1 Å². The number of carbonyl (C=O) groups is 1. The van der Waals surface area contributed by atoms with Gasteiger partial charge in [0.1, 0.15) is 5.78 Å². The average Bonchev–Trinajstić information content (AvgIpc) is 2.97. The highest BCUT2D eigenvalue weighted by Gasteiger charge is 2.47. The van der Waals surface area contributed by atoms with Gasteiger partial charge in [-0.15, -0.1) is 0 Å². The lowest BCUT2D eigenvalue weighted by atomic mass is 9.75. The maximum atomic E-state index is 12.1. The van der Waals surface area contributed by atoms with Crippen LogP contribution in [0, 0.1) is 17.3 Å². The van der Waals surface area contributed by atoms with Gasteiger partial charge in [-0.3, -0.25) is 4.79 Å². The molecule has 0 saturated heterocycles. The maximum absolute atomic E-state index is 12.1. The molecular weight excluding hydrogens is 172 g/mol. The smallest absolute Gasteiger partial charge is 0.141 e. The zero-order valence-electron chi connectivity index (χ0n) is 9.51. The van der Waals surface area contributed by atoms with E-state index in [4.69, 9.17) is 0 Å². The summed E-state index contributed by atoms with van der Waals surface area (Å²) in [6.45, 7) is 4.42. The molecule has 0 aromatic rings. The van der Waals surface area contributed by atoms with Crippen molar-refractivity contribution in [3.05, 3.63) is 0 Å². The van der Waals surface area contributed by atoms with Gasteiger partial charge in [-0.05, 0) is 31.6 Å². The summed E-state index contributed by atoms with van der Waals surface area (Å²) >= 11 is 0. The molecule has 2 rings (SSSR count). The van der Waals surface area contributed by atoms with Crippen LogP contribution in [0.3, 0.4) is 0 Å². The van der Waals surface area contributed by atoms with E-state index in [2.05, 4.69) is 13.8 Å². The predicted octanol–water partition coefficient (Wildman–Crippen LogP) is 3.57. The van der Waals surface area contributed by atoms with Crippen LogP contribution in [-0.4, -0.2) is 5.78 Å². The van der Waals surface area contributed by atoms with Crippen LogP contribution in [0.4, 0.5) is 0 Å². The summed E-state index contributed by atoms with van der Waals surface area (Å²) in [5.74, 6) is 1.84. The molecule has 2 saturated carbocycles. The lowest BCUT2D eigenvalue weighted by molar-refractivity contribution is -0.129. The van der Waals surface area contributed by atoms with Crippen molar-refractivity contribution in [3.8, 4) is 0 Å². The number of Topliss-reactive ketones (excluding diaryl/α,β-unsaturated/α-hetero) is 1. The van der Waals surface area contributed by atoms with Gasteiger partial charge in [0.05, 0.1) is 0 Å². The standard InChI is InChI=1S/C13H22O/c1-3-10-5-4-6-11(9-10)12(14)13(2)7-8-13/h10-11H,3-9H2,1-2H3. The van der Waals surface area contributed by atoms with Crippen molar-refractivity contribution in [3.63, 3.8) is 0 Å². The van der Waals surface area contributed by atoms with E-state index in [9.17, 15) is 4.79 Å². The molecule has 1 nitrogen and oxygen atoms in total. The molecule has 80 valence electrons. The first-order valence-electron chi connectivity index (χ1n) is 6.20. The van der Waals surface area contributed by atoms with Gasteiger partial charge in [0, 0.05) is 11.3 Å². The van der Waals surface area contributed by atoms with Crippen molar-refractivity contribution in [1.82, 2.24) is 0 Å². The Kier molecular flexibility index (Phi) is 2.68. The minimum Gasteiger partial charge on any atom is -0.299 e. The Labute approximate surface area is 87.3 Å². The molecule has 2 aliphatic rings. The third kappa shape index (κ3) is 1.87. The fraction of sp³-hybridized carbons (Fsp3) is 0.923. The first-order chi connectivity index (χ1) is 6.65. The molecule has 0 bridgehead atoms. The molecule has 0 N–H and O–H groups in total. The van der Waals surface area contributed by atoms with Crippen molar-refractivity contribution in [1.29, 1.82) is 0 Å². The molecule has 0 aromatic carbocycles. The van der Waals surface area contributed by atoms with Gasteiger partial charge in [0.15, 0.2) is 0 Å². The summed E-state index contributed by atoms with van der Waals surface area (Å²) in [4.78, 5) is 12.1. The number of rotatable bonds is 3. The Balaban J connectivity index is 1.93. The Morgan fingerprint density at radius 1 is 1.36 bits per heavy atom. The molecule has 2 fully saturated rings. The minimum atomic E-state index is 0.111. The Morgan fingerprint density at radius 3 is 2.64 bits per heavy atom. The second-order valence-electron chi connectivity index (χ2n) is 5.56. The number of ketones is 1. The summed E-state index contributed by atoms with van der Waals surface area (Å²) in [6, 6.07) is 0. The van der Waals surface area contributed by atoms with Gasteiger partial charge in [0.25, 0.3) is 0 Å². The van der Waals surface area contributed by atoms with Gasteiger partial charge in [-0.1, -0.05) is 33.1 Å². The lowest BCUT2D eigenvalue weighted by Crippen LogP contribution is -2.27. The molecule has 2 atom stereocenters. The van der Waals surface area contributed by atoms with E-state index in [1.807, 2.05) is 0 Å². The molecular formula is C13H22O. The molecule has 14 heavy (non-hydrogen) atoms. The highest BCUT2D eigenvalue weighted by molar-refractivity contribution is 5.89. The second-order valence-corrected chi connectivity index (χ2v) is 5.56. The van der Waals surface area contributed by atoms with Gasteiger partial charge in [0.2, 0.25) is 0 Å². The fourth-order valence-electron chi connectivity index (χ4n) is 2.83. The molecule has 0 aliphatic heterocycles. The molecule has 2 aliphatic carbocycles. The third-order valence-corrected chi connectivity index (χ3v) is 4.33. The van der Waals surface area contributed by atoms with Gasteiger partial charge in [-0.2, -0.15) is 0 Å². The normalized spacial score (nSPS) is 35.3. The third-order valence-electron chi connectivity index (χ3n) is 4.33. The van der Waals surface area contributed by atoms with Crippen LogP contribution in [-0.2, 0) is 4.79 Å². The van der Waals surface area contributed by atoms with Crippen LogP contribution in [0.5, 0.6) is 0 Å². The van der Waals surface area contributed by atoms with Crippen LogP contribution < -0.4 is 0 Å². The Bertz CT molecular complexity index is 227. The summed E-state index contributed by atoms with van der Waals surface area (Å²) < 4.78 is 0. The molecule has 0 aromatic heterocycles. The zero-order valence-corrected chi connectivity index (χ0v) is 9.51. The summed E-state index contributed by atoms with van der Waals surface area (Å²) in [7, 11) is 0. The van der Waals surface area contributed by atoms with E-state index in [0.717, 1.165) is 18.8 Å². The highest BCUT2D eigenvalue weighted by Crippen LogP contribution is 2.49. The van der Waals surface area contributed by atoms with E-state index in [0.29, 0.717) is 11.7 Å². The first kappa shape index (κ1) is 10.2. The minimum absolute atomic E-state index is 0.111. The summed E-state index contributed by atoms with van der Waals surface area (Å²) in [5, 5.41) is 0. The average molecular weight is 194 g/mol. The molecule has 1 heteroatoms. The van der Waals surface area contributed by atoms with Crippen molar-refractivity contribution < 1.29 is 4.79 Å². The molecule has 2 unspecified atom stereocenters. The van der Waals surface area contributed by atoms with Gasteiger partial charge in [-0.25, -0.2) is 0 Å². The maximum Gasteiger partial charge on any atom is 0.141 e. The SMILES string of the molecule is CCC1CCCC(C(=O)C2(C)CC2)C1. The van der Waals surface area contributed by atoms with E-state index < -0.39 is 0 Å². The second kappa shape index (κ2) is 3.67. The van der Waals surface area contributed by atoms with E-state index in [-0.39, 0.29) is 5.41 Å². The van der Waals surface area contributed by atoms with Gasteiger partial charge >= 0.3 is 0 Å². The Morgan fingerprint density at radius 2 is 2.07 bits per heavy atom. The van der Waals surface area contributed by atoms with Crippen molar-refractivity contribution in [2.45, 2.75) is 58.8 Å². The lowest BCUT2D eigenvalue weighted by Gasteiger charge is -2.29. The summed E-state index contributed by atoms with van der Waals surface area (Å²) in [6.07, 6.45) is 8.57. The van der Waals surface area contributed by atoms with E-state index in [1.54, 1.807) is 0 Å². The molecule has 0 amide bonds. The van der Waals surface area contributed by atoms with Crippen molar-refractivity contribution in [2.75, 3.05) is 0 Å². The Hall–Kier alpha value is -0.330. The number of hydrogen-bond acceptors (Lipinski definition) is 1. The largest absolute Gasteiger partial charge is 0.299 e. The monoisotopic (exact) mass is 194 g/mol. The van der Waals surface area contributed by atoms with Crippen LogP contribution in [0.1, 0.15) is 58.8 Å². The van der Waals surface area contributed by atoms with E-state index >= 15 is 0 Å². The van der Waals surface area contributed by atoms with Gasteiger partial charge < -0.3 is 0 Å². The first-order valence-corrected chi connectivity index (χ1v) is 6.20. The van der Waals surface area contributed by atoms with Crippen LogP contribution >= 0.6 is 0 Å². The number of carbonyl (C=O) groups excluding carboxylic acids is 1. The van der Waals surface area contributed by atoms with Crippen molar-refractivity contribution >= 4 is 5.78 Å². The zero-order chi connectivity index (χ0) is 10.2. The quantitative estimate of drug-likeness (QED) is 0.671. The highest BCUT2D eigenvalue weighted by atomic mass is 16.1. The molecule has 0 radical (unpaired) electrons. The van der Waals surface area contributed by atoms with E-state index in [1.165, 1.54) is 32.1 Å². The van der Waals surface area contributed by atoms with Crippen LogP contribution in [0.25, 0.3) is 0 Å². The van der Waals surface area contributed by atoms with Crippen molar-refractivity contribution in [2.24, 2.45) is 17.3 Å². The molecule has 0 heterocycles. The summed E-state index contributed by atoms with van der Waals surface area (Å²) in [5.41, 5.74) is 0.111.